The van der Waals surface area contributed by atoms with Crippen molar-refractivity contribution in [1.29, 1.82) is 0 Å². The summed E-state index contributed by atoms with van der Waals surface area (Å²) in [6.07, 6.45) is 3.34. The number of hydrogen-bond donors (Lipinski definition) is 1. The molecule has 16 heavy (non-hydrogen) atoms. The van der Waals surface area contributed by atoms with Gasteiger partial charge in [0.15, 0.2) is 0 Å². The molecule has 0 unspecified atom stereocenters. The zero-order valence-corrected chi connectivity index (χ0v) is 10.5. The fraction of sp³-hybridized carbons (Fsp3) is 0.385. The first-order chi connectivity index (χ1) is 7.83. The van der Waals surface area contributed by atoms with E-state index in [1.165, 1.54) is 28.8 Å². The van der Waals surface area contributed by atoms with Crippen LogP contribution in [0.5, 0.6) is 0 Å². The van der Waals surface area contributed by atoms with Gasteiger partial charge < -0.3 is 10.3 Å². The minimum atomic E-state index is 0.880. The van der Waals surface area contributed by atoms with Crippen molar-refractivity contribution in [3.05, 3.63) is 30.5 Å². The van der Waals surface area contributed by atoms with Gasteiger partial charge in [-0.15, -0.1) is 0 Å². The quantitative estimate of drug-likeness (QED) is 0.635. The first kappa shape index (κ1) is 11.4. The van der Waals surface area contributed by atoms with Gasteiger partial charge in [-0.25, -0.2) is 0 Å². The second-order valence-electron chi connectivity index (χ2n) is 3.84. The molecule has 0 saturated carbocycles. The van der Waals surface area contributed by atoms with E-state index in [4.69, 9.17) is 5.73 Å². The Morgan fingerprint density at radius 1 is 1.31 bits per heavy atom. The van der Waals surface area contributed by atoms with Crippen LogP contribution in [0, 0.1) is 0 Å². The summed E-state index contributed by atoms with van der Waals surface area (Å²) in [6, 6.07) is 8.23. The lowest BCUT2D eigenvalue weighted by Gasteiger charge is -2.06. The topological polar surface area (TPSA) is 30.9 Å². The molecule has 0 aliphatic heterocycles. The lowest BCUT2D eigenvalue weighted by molar-refractivity contribution is 0.710. The summed E-state index contributed by atoms with van der Waals surface area (Å²) in [5.74, 6) is 2.43. The Hall–Kier alpha value is -1.09. The molecule has 0 amide bonds. The molecular weight excluding hydrogens is 216 g/mol. The van der Waals surface area contributed by atoms with E-state index in [9.17, 15) is 0 Å². The minimum absolute atomic E-state index is 0.880. The Morgan fingerprint density at radius 2 is 2.19 bits per heavy atom. The molecule has 0 radical (unpaired) electrons. The molecule has 3 heteroatoms. The summed E-state index contributed by atoms with van der Waals surface area (Å²) in [5, 5.41) is 1.24. The number of aryl methyl sites for hydroxylation is 1. The van der Waals surface area contributed by atoms with E-state index in [1.807, 2.05) is 23.9 Å². The molecule has 2 N–H and O–H groups in total. The summed E-state index contributed by atoms with van der Waals surface area (Å²) in [6.45, 7) is 3.26. The molecule has 0 spiro atoms. The highest BCUT2D eigenvalue weighted by molar-refractivity contribution is 7.99. The Balaban J connectivity index is 2.12. The van der Waals surface area contributed by atoms with E-state index in [-0.39, 0.29) is 0 Å². The summed E-state index contributed by atoms with van der Waals surface area (Å²) in [7, 11) is 0. The number of benzene rings is 1. The second kappa shape index (κ2) is 5.30. The Labute approximate surface area is 101 Å². The van der Waals surface area contributed by atoms with Crippen LogP contribution in [0.3, 0.4) is 0 Å². The van der Waals surface area contributed by atoms with Crippen molar-refractivity contribution in [3.8, 4) is 0 Å². The standard InChI is InChI=1S/C13H18N2S/c1-2-16-10-4-8-15-9-7-11-5-3-6-12(14)13(11)15/h3,5-7,9H,2,4,8,10,14H2,1H3. The lowest BCUT2D eigenvalue weighted by Crippen LogP contribution is -1.99. The molecule has 2 aromatic rings. The maximum absolute atomic E-state index is 6.01. The number of thioether (sulfide) groups is 1. The molecule has 0 aliphatic carbocycles. The third-order valence-electron chi connectivity index (χ3n) is 2.71. The van der Waals surface area contributed by atoms with Crippen molar-refractivity contribution >= 4 is 28.4 Å². The van der Waals surface area contributed by atoms with Gasteiger partial charge in [0, 0.05) is 18.1 Å². The van der Waals surface area contributed by atoms with Gasteiger partial charge in [0.1, 0.15) is 0 Å². The fourth-order valence-corrected chi connectivity index (χ4v) is 2.58. The highest BCUT2D eigenvalue weighted by Gasteiger charge is 2.03. The number of hydrogen-bond acceptors (Lipinski definition) is 2. The predicted molar refractivity (Wildman–Crippen MR) is 74.0 cm³/mol. The smallest absolute Gasteiger partial charge is 0.0713 e. The van der Waals surface area contributed by atoms with Gasteiger partial charge in [-0.05, 0) is 30.1 Å². The molecular formula is C13H18N2S. The summed E-state index contributed by atoms with van der Waals surface area (Å²) >= 11 is 1.99. The number of nitrogen functional groups attached to an aromatic ring is 1. The van der Waals surface area contributed by atoms with Crippen molar-refractivity contribution in [1.82, 2.24) is 4.57 Å². The first-order valence-corrected chi connectivity index (χ1v) is 6.89. The first-order valence-electron chi connectivity index (χ1n) is 5.74. The van der Waals surface area contributed by atoms with Crippen molar-refractivity contribution in [3.63, 3.8) is 0 Å². The molecule has 1 heterocycles. The maximum atomic E-state index is 6.01. The highest BCUT2D eigenvalue weighted by Crippen LogP contribution is 2.22. The third-order valence-corrected chi connectivity index (χ3v) is 3.70. The van der Waals surface area contributed by atoms with Crippen LogP contribution in [0.2, 0.25) is 0 Å². The molecule has 0 bridgehead atoms. The van der Waals surface area contributed by atoms with Crippen LogP contribution in [0.15, 0.2) is 30.5 Å². The largest absolute Gasteiger partial charge is 0.397 e. The Morgan fingerprint density at radius 3 is 3.00 bits per heavy atom. The van der Waals surface area contributed by atoms with Crippen LogP contribution < -0.4 is 5.73 Å². The third kappa shape index (κ3) is 2.35. The number of nitrogens with two attached hydrogens (primary N) is 1. The van der Waals surface area contributed by atoms with Crippen molar-refractivity contribution in [2.45, 2.75) is 19.9 Å². The van der Waals surface area contributed by atoms with Gasteiger partial charge in [0.05, 0.1) is 11.2 Å². The highest BCUT2D eigenvalue weighted by atomic mass is 32.2. The van der Waals surface area contributed by atoms with E-state index in [0.717, 1.165) is 12.2 Å². The van der Waals surface area contributed by atoms with E-state index < -0.39 is 0 Å². The van der Waals surface area contributed by atoms with Gasteiger partial charge in [0.25, 0.3) is 0 Å². The van der Waals surface area contributed by atoms with E-state index in [0.29, 0.717) is 0 Å². The molecule has 0 saturated heterocycles. The van der Waals surface area contributed by atoms with Gasteiger partial charge in [0.2, 0.25) is 0 Å². The number of aromatic nitrogens is 1. The van der Waals surface area contributed by atoms with Crippen LogP contribution in [-0.2, 0) is 6.54 Å². The fourth-order valence-electron chi connectivity index (χ4n) is 1.96. The number of rotatable bonds is 5. The Bertz CT molecular complexity index is 462. The van der Waals surface area contributed by atoms with Crippen LogP contribution in [0.1, 0.15) is 13.3 Å². The zero-order chi connectivity index (χ0) is 11.4. The Kier molecular flexibility index (Phi) is 3.78. The average Bonchev–Trinajstić information content (AvgIpc) is 2.69. The number of fused-ring (bicyclic) bond motifs is 1. The number of para-hydroxylation sites is 1. The summed E-state index contributed by atoms with van der Waals surface area (Å²) in [4.78, 5) is 0. The van der Waals surface area contributed by atoms with Gasteiger partial charge in [-0.1, -0.05) is 19.1 Å². The van der Waals surface area contributed by atoms with Gasteiger partial charge >= 0.3 is 0 Å². The normalized spacial score (nSPS) is 11.1. The molecule has 1 aromatic heterocycles. The monoisotopic (exact) mass is 234 g/mol. The number of anilines is 1. The minimum Gasteiger partial charge on any atom is -0.397 e. The molecule has 86 valence electrons. The van der Waals surface area contributed by atoms with Gasteiger partial charge in [-0.3, -0.25) is 0 Å². The van der Waals surface area contributed by atoms with Crippen LogP contribution >= 0.6 is 11.8 Å². The SMILES string of the molecule is CCSCCCn1ccc2cccc(N)c21. The molecule has 2 nitrogen and oxygen atoms in total. The van der Waals surface area contributed by atoms with E-state index in [1.54, 1.807) is 0 Å². The molecule has 0 fully saturated rings. The molecule has 0 aliphatic rings. The van der Waals surface area contributed by atoms with E-state index >= 15 is 0 Å². The average molecular weight is 234 g/mol. The second-order valence-corrected chi connectivity index (χ2v) is 5.24. The summed E-state index contributed by atoms with van der Waals surface area (Å²) in [5.41, 5.74) is 8.07. The molecule has 1 aromatic carbocycles. The van der Waals surface area contributed by atoms with Crippen molar-refractivity contribution in [2.75, 3.05) is 17.2 Å². The van der Waals surface area contributed by atoms with Crippen molar-refractivity contribution in [2.24, 2.45) is 0 Å². The molecule has 0 atom stereocenters. The summed E-state index contributed by atoms with van der Waals surface area (Å²) < 4.78 is 2.26. The van der Waals surface area contributed by atoms with E-state index in [2.05, 4.69) is 29.8 Å². The van der Waals surface area contributed by atoms with Crippen molar-refractivity contribution < 1.29 is 0 Å². The molecule has 2 rings (SSSR count). The zero-order valence-electron chi connectivity index (χ0n) is 9.65. The number of nitrogens with zero attached hydrogens (tertiary/aromatic N) is 1. The van der Waals surface area contributed by atoms with Crippen LogP contribution in [0.25, 0.3) is 10.9 Å². The maximum Gasteiger partial charge on any atom is 0.0713 e. The van der Waals surface area contributed by atoms with Crippen LogP contribution in [0.4, 0.5) is 5.69 Å². The lowest BCUT2D eigenvalue weighted by atomic mass is 10.2. The predicted octanol–water partition coefficient (Wildman–Crippen LogP) is 3.37. The van der Waals surface area contributed by atoms with Gasteiger partial charge in [-0.2, -0.15) is 11.8 Å². The van der Waals surface area contributed by atoms with Crippen LogP contribution in [-0.4, -0.2) is 16.1 Å².